The predicted molar refractivity (Wildman–Crippen MR) is 95.8 cm³/mol. The predicted octanol–water partition coefficient (Wildman–Crippen LogP) is 2.93. The topological polar surface area (TPSA) is 41.3 Å². The van der Waals surface area contributed by atoms with Crippen LogP contribution in [0.3, 0.4) is 0 Å². The minimum absolute atomic E-state index is 0.542. The van der Waals surface area contributed by atoms with E-state index in [0.717, 1.165) is 25.1 Å². The molecule has 1 aliphatic heterocycles. The number of rotatable bonds is 3. The van der Waals surface area contributed by atoms with Crippen LogP contribution in [0.4, 0.5) is 0 Å². The fraction of sp³-hybridized carbons (Fsp3) is 0.350. The van der Waals surface area contributed by atoms with Crippen LogP contribution in [-0.2, 0) is 25.1 Å². The van der Waals surface area contributed by atoms with E-state index >= 15 is 0 Å². The van der Waals surface area contributed by atoms with Crippen molar-refractivity contribution < 1.29 is 5.11 Å². The van der Waals surface area contributed by atoms with Gasteiger partial charge in [0.2, 0.25) is 0 Å². The number of para-hydroxylation sites is 1. The first-order valence-corrected chi connectivity index (χ1v) is 8.47. The normalized spacial score (nSPS) is 17.6. The summed E-state index contributed by atoms with van der Waals surface area (Å²) in [5.41, 5.74) is 3.95. The molecule has 1 atom stereocenters. The van der Waals surface area contributed by atoms with Crippen molar-refractivity contribution in [3.8, 4) is 0 Å². The lowest BCUT2D eigenvalue weighted by Gasteiger charge is -2.29. The zero-order chi connectivity index (χ0) is 16.7. The molecule has 124 valence electrons. The molecule has 24 heavy (non-hydrogen) atoms. The summed E-state index contributed by atoms with van der Waals surface area (Å²) < 4.78 is 2.31. The lowest BCUT2D eigenvalue weighted by Crippen LogP contribution is -2.32. The van der Waals surface area contributed by atoms with Crippen LogP contribution in [0.15, 0.2) is 48.8 Å². The van der Waals surface area contributed by atoms with E-state index in [1.165, 1.54) is 22.2 Å². The van der Waals surface area contributed by atoms with E-state index in [4.69, 9.17) is 0 Å². The largest absolute Gasteiger partial charge is 0.384 e. The number of nitrogens with zero attached hydrogens (tertiary/aromatic N) is 3. The first kappa shape index (κ1) is 15.4. The number of benzene rings is 1. The van der Waals surface area contributed by atoms with Crippen molar-refractivity contribution in [2.75, 3.05) is 13.6 Å². The van der Waals surface area contributed by atoms with Gasteiger partial charge in [-0.1, -0.05) is 18.2 Å². The van der Waals surface area contributed by atoms with Crippen molar-refractivity contribution in [1.29, 1.82) is 0 Å². The highest BCUT2D eigenvalue weighted by atomic mass is 16.3. The first-order valence-electron chi connectivity index (χ1n) is 8.47. The smallest absolute Gasteiger partial charge is 0.105 e. The summed E-state index contributed by atoms with van der Waals surface area (Å²) in [7, 11) is 2.16. The molecular formula is C20H23N3O. The summed E-state index contributed by atoms with van der Waals surface area (Å²) in [4.78, 5) is 6.41. The first-order chi connectivity index (χ1) is 11.6. The van der Waals surface area contributed by atoms with Crippen molar-refractivity contribution in [3.63, 3.8) is 0 Å². The van der Waals surface area contributed by atoms with E-state index in [2.05, 4.69) is 45.8 Å². The molecule has 0 fully saturated rings. The van der Waals surface area contributed by atoms with Crippen molar-refractivity contribution in [3.05, 3.63) is 65.6 Å². The van der Waals surface area contributed by atoms with E-state index in [9.17, 15) is 5.11 Å². The molecule has 0 radical (unpaired) electrons. The molecule has 4 rings (SSSR count). The Balaban J connectivity index is 1.83. The molecule has 4 nitrogen and oxygen atoms in total. The molecule has 1 N–H and O–H groups in total. The van der Waals surface area contributed by atoms with Gasteiger partial charge in [0.1, 0.15) is 5.60 Å². The van der Waals surface area contributed by atoms with E-state index < -0.39 is 5.60 Å². The van der Waals surface area contributed by atoms with Crippen molar-refractivity contribution >= 4 is 10.9 Å². The van der Waals surface area contributed by atoms with Gasteiger partial charge in [-0.2, -0.15) is 0 Å². The second-order valence-electron chi connectivity index (χ2n) is 7.03. The Morgan fingerprint density at radius 2 is 1.92 bits per heavy atom. The minimum atomic E-state index is -0.936. The van der Waals surface area contributed by atoms with E-state index in [1.54, 1.807) is 12.4 Å². The van der Waals surface area contributed by atoms with Crippen LogP contribution in [0, 0.1) is 0 Å². The molecule has 1 unspecified atom stereocenters. The molecule has 3 aromatic rings. The fourth-order valence-electron chi connectivity index (χ4n) is 3.82. The second-order valence-corrected chi connectivity index (χ2v) is 7.03. The maximum absolute atomic E-state index is 11.1. The van der Waals surface area contributed by atoms with Crippen LogP contribution in [-0.4, -0.2) is 33.1 Å². The third-order valence-corrected chi connectivity index (χ3v) is 5.13. The number of fused-ring (bicyclic) bond motifs is 3. The minimum Gasteiger partial charge on any atom is -0.384 e. The third-order valence-electron chi connectivity index (χ3n) is 5.13. The average Bonchev–Trinajstić information content (AvgIpc) is 2.89. The molecule has 1 aliphatic rings. The molecular weight excluding hydrogens is 298 g/mol. The summed E-state index contributed by atoms with van der Waals surface area (Å²) in [6, 6.07) is 12.3. The number of aliphatic hydroxyl groups is 1. The molecule has 3 heterocycles. The van der Waals surface area contributed by atoms with Crippen LogP contribution in [0.2, 0.25) is 0 Å². The van der Waals surface area contributed by atoms with E-state index in [0.29, 0.717) is 6.54 Å². The van der Waals surface area contributed by atoms with Gasteiger partial charge in [0.05, 0.1) is 6.54 Å². The second kappa shape index (κ2) is 5.72. The maximum atomic E-state index is 11.1. The zero-order valence-corrected chi connectivity index (χ0v) is 14.2. The van der Waals surface area contributed by atoms with Gasteiger partial charge in [0, 0.05) is 42.1 Å². The molecule has 0 amide bonds. The third kappa shape index (κ3) is 2.52. The van der Waals surface area contributed by atoms with Gasteiger partial charge in [-0.25, -0.2) is 0 Å². The number of hydrogen-bond donors (Lipinski definition) is 1. The Bertz CT molecular complexity index is 867. The van der Waals surface area contributed by atoms with Gasteiger partial charge in [-0.15, -0.1) is 0 Å². The molecule has 0 spiro atoms. The Morgan fingerprint density at radius 1 is 1.17 bits per heavy atom. The molecule has 0 aliphatic carbocycles. The summed E-state index contributed by atoms with van der Waals surface area (Å²) in [5, 5.41) is 12.4. The van der Waals surface area contributed by atoms with Gasteiger partial charge in [-0.05, 0) is 49.7 Å². The number of likely N-dealkylation sites (N-methyl/N-ethyl adjacent to an activating group) is 1. The Labute approximate surface area is 142 Å². The molecule has 0 bridgehead atoms. The Kier molecular flexibility index (Phi) is 3.66. The summed E-state index contributed by atoms with van der Waals surface area (Å²) >= 11 is 0. The highest BCUT2D eigenvalue weighted by Crippen LogP contribution is 2.33. The number of hydrogen-bond acceptors (Lipinski definition) is 3. The summed E-state index contributed by atoms with van der Waals surface area (Å²) in [6.45, 7) is 4.44. The van der Waals surface area contributed by atoms with Crippen molar-refractivity contribution in [2.45, 2.75) is 32.0 Å². The van der Waals surface area contributed by atoms with Crippen LogP contribution < -0.4 is 0 Å². The summed E-state index contributed by atoms with van der Waals surface area (Å²) in [6.07, 6.45) is 4.54. The van der Waals surface area contributed by atoms with Crippen LogP contribution >= 0.6 is 0 Å². The molecule has 0 saturated heterocycles. The highest BCUT2D eigenvalue weighted by molar-refractivity contribution is 5.86. The molecule has 1 aromatic carbocycles. The molecule has 0 saturated carbocycles. The van der Waals surface area contributed by atoms with Gasteiger partial charge >= 0.3 is 0 Å². The average molecular weight is 321 g/mol. The lowest BCUT2D eigenvalue weighted by molar-refractivity contribution is 0.0380. The van der Waals surface area contributed by atoms with Gasteiger partial charge < -0.3 is 14.6 Å². The van der Waals surface area contributed by atoms with Crippen molar-refractivity contribution in [2.24, 2.45) is 0 Å². The van der Waals surface area contributed by atoms with Crippen LogP contribution in [0.25, 0.3) is 10.9 Å². The standard InChI is InChI=1S/C20H23N3O/c1-20(24,15-7-10-21-11-8-15)14-23-18-6-4-3-5-16(18)17-9-12-22(2)13-19(17)23/h3-8,10-11,24H,9,12-14H2,1-2H3. The highest BCUT2D eigenvalue weighted by Gasteiger charge is 2.28. The quantitative estimate of drug-likeness (QED) is 0.806. The monoisotopic (exact) mass is 321 g/mol. The SMILES string of the molecule is CN1CCc2c(n(CC(C)(O)c3ccncc3)c3ccccc23)C1. The van der Waals surface area contributed by atoms with E-state index in [-0.39, 0.29) is 0 Å². The number of aromatic nitrogens is 2. The van der Waals surface area contributed by atoms with Gasteiger partial charge in [0.25, 0.3) is 0 Å². The molecule has 2 aromatic heterocycles. The van der Waals surface area contributed by atoms with Crippen LogP contribution in [0.5, 0.6) is 0 Å². The fourth-order valence-corrected chi connectivity index (χ4v) is 3.82. The zero-order valence-electron chi connectivity index (χ0n) is 14.2. The lowest BCUT2D eigenvalue weighted by atomic mass is 9.97. The Morgan fingerprint density at radius 3 is 2.71 bits per heavy atom. The maximum Gasteiger partial charge on any atom is 0.105 e. The number of pyridine rings is 1. The van der Waals surface area contributed by atoms with Gasteiger partial charge in [0.15, 0.2) is 0 Å². The van der Waals surface area contributed by atoms with Crippen LogP contribution in [0.1, 0.15) is 23.7 Å². The molecule has 4 heteroatoms. The van der Waals surface area contributed by atoms with Gasteiger partial charge in [-0.3, -0.25) is 4.98 Å². The van der Waals surface area contributed by atoms with E-state index in [1.807, 2.05) is 19.1 Å². The Hall–Kier alpha value is -2.17. The summed E-state index contributed by atoms with van der Waals surface area (Å²) in [5.74, 6) is 0. The van der Waals surface area contributed by atoms with Crippen molar-refractivity contribution in [1.82, 2.24) is 14.5 Å².